The van der Waals surface area contributed by atoms with Crippen molar-refractivity contribution in [1.29, 1.82) is 0 Å². The van der Waals surface area contributed by atoms with Gasteiger partial charge in [-0.25, -0.2) is 4.39 Å². The van der Waals surface area contributed by atoms with Gasteiger partial charge < -0.3 is 9.15 Å². The van der Waals surface area contributed by atoms with Gasteiger partial charge in [-0.1, -0.05) is 28.9 Å². The number of benzene rings is 1. The van der Waals surface area contributed by atoms with Gasteiger partial charge in [0.15, 0.2) is 0 Å². The van der Waals surface area contributed by atoms with Crippen LogP contribution in [0.15, 0.2) is 22.6 Å². The lowest BCUT2D eigenvalue weighted by atomic mass is 10.2. The van der Waals surface area contributed by atoms with E-state index in [9.17, 15) is 4.39 Å². The van der Waals surface area contributed by atoms with Crippen molar-refractivity contribution in [2.75, 3.05) is 7.11 Å². The molecule has 2 rings (SSSR count). The van der Waals surface area contributed by atoms with Gasteiger partial charge in [0.25, 0.3) is 5.89 Å². The lowest BCUT2D eigenvalue weighted by Gasteiger charge is -2.05. The molecule has 0 bridgehead atoms. The Labute approximate surface area is 112 Å². The van der Waals surface area contributed by atoms with Crippen LogP contribution in [0.25, 0.3) is 11.5 Å². The quantitative estimate of drug-likeness (QED) is 0.807. The average molecular weight is 315 g/mol. The number of aromatic nitrogens is 2. The molecule has 0 saturated heterocycles. The number of rotatable bonds is 4. The van der Waals surface area contributed by atoms with Crippen LogP contribution in [-0.2, 0) is 0 Å². The van der Waals surface area contributed by atoms with Crippen LogP contribution in [0.4, 0.5) is 4.39 Å². The summed E-state index contributed by atoms with van der Waals surface area (Å²) >= 11 is 3.40. The molecule has 0 aliphatic rings. The minimum absolute atomic E-state index is 0.0310. The summed E-state index contributed by atoms with van der Waals surface area (Å²) in [5.74, 6) is 0.468. The van der Waals surface area contributed by atoms with Crippen molar-refractivity contribution in [3.8, 4) is 17.2 Å². The summed E-state index contributed by atoms with van der Waals surface area (Å²) in [7, 11) is 1.47. The van der Waals surface area contributed by atoms with Crippen LogP contribution in [0, 0.1) is 5.82 Å². The molecule has 1 atom stereocenters. The molecule has 0 aliphatic carbocycles. The van der Waals surface area contributed by atoms with Crippen molar-refractivity contribution in [1.82, 2.24) is 10.2 Å². The summed E-state index contributed by atoms with van der Waals surface area (Å²) in [6.45, 7) is 1.98. The van der Waals surface area contributed by atoms with Gasteiger partial charge in [0.05, 0.1) is 11.9 Å². The van der Waals surface area contributed by atoms with E-state index in [1.807, 2.05) is 6.92 Å². The molecule has 1 unspecified atom stereocenters. The van der Waals surface area contributed by atoms with Crippen LogP contribution in [0.3, 0.4) is 0 Å². The van der Waals surface area contributed by atoms with E-state index >= 15 is 0 Å². The highest BCUT2D eigenvalue weighted by Crippen LogP contribution is 2.33. The van der Waals surface area contributed by atoms with E-state index in [2.05, 4.69) is 26.1 Å². The van der Waals surface area contributed by atoms with Crippen LogP contribution >= 0.6 is 15.9 Å². The highest BCUT2D eigenvalue weighted by Gasteiger charge is 2.20. The maximum absolute atomic E-state index is 13.8. The van der Waals surface area contributed by atoms with Gasteiger partial charge in [0.1, 0.15) is 17.1 Å². The molecule has 0 radical (unpaired) electrons. The van der Waals surface area contributed by atoms with Gasteiger partial charge in [-0.2, -0.15) is 0 Å². The monoisotopic (exact) mass is 314 g/mol. The Bertz CT molecular complexity index is 545. The molecular weight excluding hydrogens is 303 g/mol. The van der Waals surface area contributed by atoms with Gasteiger partial charge in [-0.3, -0.25) is 0 Å². The van der Waals surface area contributed by atoms with Crippen molar-refractivity contribution >= 4 is 15.9 Å². The highest BCUT2D eigenvalue weighted by molar-refractivity contribution is 9.09. The van der Waals surface area contributed by atoms with Crippen molar-refractivity contribution in [2.24, 2.45) is 0 Å². The fourth-order valence-corrected chi connectivity index (χ4v) is 1.70. The maximum atomic E-state index is 13.8. The van der Waals surface area contributed by atoms with Crippen molar-refractivity contribution in [2.45, 2.75) is 18.2 Å². The van der Waals surface area contributed by atoms with Gasteiger partial charge >= 0.3 is 0 Å². The van der Waals surface area contributed by atoms with E-state index in [4.69, 9.17) is 9.15 Å². The topological polar surface area (TPSA) is 48.2 Å². The van der Waals surface area contributed by atoms with Gasteiger partial charge in [0.2, 0.25) is 5.89 Å². The first-order valence-electron chi connectivity index (χ1n) is 5.47. The summed E-state index contributed by atoms with van der Waals surface area (Å²) in [6, 6.07) is 4.54. The molecule has 1 aromatic carbocycles. The second-order valence-corrected chi connectivity index (χ2v) is 4.74. The molecule has 6 heteroatoms. The molecule has 1 aromatic heterocycles. The standard InChI is InChI=1S/C12H12BrFN2O2/c1-3-7(13)11-15-16-12(18-11)10-8(14)5-4-6-9(10)17-2/h4-7H,3H2,1-2H3. The van der Waals surface area contributed by atoms with Crippen molar-refractivity contribution in [3.05, 3.63) is 29.9 Å². The molecule has 0 spiro atoms. The zero-order chi connectivity index (χ0) is 13.1. The Balaban J connectivity index is 2.46. The Hall–Kier alpha value is -1.43. The average Bonchev–Trinajstić information content (AvgIpc) is 2.86. The predicted molar refractivity (Wildman–Crippen MR) is 68.2 cm³/mol. The SMILES string of the molecule is CCC(Br)c1nnc(-c2c(F)cccc2OC)o1. The smallest absolute Gasteiger partial charge is 0.254 e. The molecule has 0 fully saturated rings. The van der Waals surface area contributed by atoms with Gasteiger partial charge in [-0.05, 0) is 18.6 Å². The zero-order valence-electron chi connectivity index (χ0n) is 9.98. The third-order valence-corrected chi connectivity index (χ3v) is 3.52. The first-order valence-corrected chi connectivity index (χ1v) is 6.39. The second-order valence-electron chi connectivity index (χ2n) is 3.64. The molecule has 18 heavy (non-hydrogen) atoms. The number of hydrogen-bond acceptors (Lipinski definition) is 4. The van der Waals surface area contributed by atoms with E-state index < -0.39 is 5.82 Å². The third-order valence-electron chi connectivity index (χ3n) is 2.48. The zero-order valence-corrected chi connectivity index (χ0v) is 11.6. The predicted octanol–water partition coefficient (Wildman–Crippen LogP) is 3.73. The van der Waals surface area contributed by atoms with Crippen molar-refractivity contribution in [3.63, 3.8) is 0 Å². The van der Waals surface area contributed by atoms with E-state index in [1.54, 1.807) is 12.1 Å². The van der Waals surface area contributed by atoms with Gasteiger partial charge in [0, 0.05) is 0 Å². The largest absolute Gasteiger partial charge is 0.496 e. The molecule has 96 valence electrons. The van der Waals surface area contributed by atoms with Gasteiger partial charge in [-0.15, -0.1) is 10.2 Å². The maximum Gasteiger partial charge on any atom is 0.254 e. The summed E-state index contributed by atoms with van der Waals surface area (Å²) in [4.78, 5) is -0.0310. The second kappa shape index (κ2) is 5.48. The van der Waals surface area contributed by atoms with Crippen LogP contribution in [0.5, 0.6) is 5.75 Å². The summed E-state index contributed by atoms with van der Waals surface area (Å²) in [5.41, 5.74) is 0.189. The number of nitrogens with zero attached hydrogens (tertiary/aromatic N) is 2. The van der Waals surface area contributed by atoms with E-state index in [0.29, 0.717) is 11.6 Å². The Morgan fingerprint density at radius 1 is 1.44 bits per heavy atom. The van der Waals surface area contributed by atoms with Crippen LogP contribution in [-0.4, -0.2) is 17.3 Å². The molecular formula is C12H12BrFN2O2. The molecule has 4 nitrogen and oxygen atoms in total. The number of alkyl halides is 1. The normalized spacial score (nSPS) is 12.4. The molecule has 1 heterocycles. The fraction of sp³-hybridized carbons (Fsp3) is 0.333. The number of methoxy groups -OCH3 is 1. The minimum Gasteiger partial charge on any atom is -0.496 e. The molecule has 0 aliphatic heterocycles. The van der Waals surface area contributed by atoms with Crippen LogP contribution in [0.1, 0.15) is 24.1 Å². The van der Waals surface area contributed by atoms with Crippen molar-refractivity contribution < 1.29 is 13.5 Å². The fourth-order valence-electron chi connectivity index (χ4n) is 1.52. The lowest BCUT2D eigenvalue weighted by Crippen LogP contribution is -1.91. The first-order chi connectivity index (χ1) is 8.67. The summed E-state index contributed by atoms with van der Waals surface area (Å²) < 4.78 is 24.3. The highest BCUT2D eigenvalue weighted by atomic mass is 79.9. The number of hydrogen-bond donors (Lipinski definition) is 0. The van der Waals surface area contributed by atoms with E-state index in [1.165, 1.54) is 13.2 Å². The molecule has 2 aromatic rings. The van der Waals surface area contributed by atoms with Crippen LogP contribution in [0.2, 0.25) is 0 Å². The molecule has 0 saturated carbocycles. The first kappa shape index (κ1) is 13.0. The Morgan fingerprint density at radius 3 is 2.89 bits per heavy atom. The molecule has 0 amide bonds. The Morgan fingerprint density at radius 2 is 2.22 bits per heavy atom. The third kappa shape index (κ3) is 2.38. The van der Waals surface area contributed by atoms with E-state index in [0.717, 1.165) is 6.42 Å². The Kier molecular flexibility index (Phi) is 3.96. The number of halogens is 2. The molecule has 0 N–H and O–H groups in total. The lowest BCUT2D eigenvalue weighted by molar-refractivity contribution is 0.409. The van der Waals surface area contributed by atoms with E-state index in [-0.39, 0.29) is 16.3 Å². The minimum atomic E-state index is -0.452. The summed E-state index contributed by atoms with van der Waals surface area (Å²) in [5, 5.41) is 7.75. The van der Waals surface area contributed by atoms with Crippen LogP contribution < -0.4 is 4.74 Å². The summed E-state index contributed by atoms with van der Waals surface area (Å²) in [6.07, 6.45) is 0.802. The number of ether oxygens (including phenoxy) is 1.